The fourth-order valence-electron chi connectivity index (χ4n) is 2.86. The van der Waals surface area contributed by atoms with Gasteiger partial charge in [-0.25, -0.2) is 0 Å². The molecule has 0 unspecified atom stereocenters. The Morgan fingerprint density at radius 3 is 2.25 bits per heavy atom. The first-order chi connectivity index (χ1) is 9.63. The molecule has 3 heteroatoms. The third kappa shape index (κ3) is 2.61. The van der Waals surface area contributed by atoms with Crippen LogP contribution < -0.4 is 10.2 Å². The van der Waals surface area contributed by atoms with Crippen molar-refractivity contribution < 1.29 is 0 Å². The molecule has 1 aliphatic rings. The van der Waals surface area contributed by atoms with Gasteiger partial charge in [0.2, 0.25) is 0 Å². The van der Waals surface area contributed by atoms with E-state index in [1.54, 1.807) is 0 Å². The highest BCUT2D eigenvalue weighted by Gasteiger charge is 2.20. The zero-order valence-corrected chi connectivity index (χ0v) is 12.6. The van der Waals surface area contributed by atoms with Crippen molar-refractivity contribution in [2.45, 2.75) is 18.9 Å². The van der Waals surface area contributed by atoms with Gasteiger partial charge in [-0.2, -0.15) is 0 Å². The first-order valence-corrected chi connectivity index (χ1v) is 7.31. The van der Waals surface area contributed by atoms with Gasteiger partial charge in [-0.15, -0.1) is 0 Å². The van der Waals surface area contributed by atoms with Crippen molar-refractivity contribution in [3.8, 4) is 0 Å². The van der Waals surface area contributed by atoms with Gasteiger partial charge in [-0.3, -0.25) is 0 Å². The number of hydrogen-bond acceptors (Lipinski definition) is 2. The maximum absolute atomic E-state index is 6.32. The molecule has 0 heterocycles. The van der Waals surface area contributed by atoms with Gasteiger partial charge in [-0.05, 0) is 42.2 Å². The van der Waals surface area contributed by atoms with Gasteiger partial charge < -0.3 is 10.2 Å². The van der Waals surface area contributed by atoms with Crippen LogP contribution in [0.1, 0.15) is 11.1 Å². The number of rotatable bonds is 3. The molecule has 0 amide bonds. The van der Waals surface area contributed by atoms with Crippen LogP contribution in [0.25, 0.3) is 0 Å². The molecule has 104 valence electrons. The van der Waals surface area contributed by atoms with Crippen LogP contribution in [-0.4, -0.2) is 20.1 Å². The molecule has 0 atom stereocenters. The van der Waals surface area contributed by atoms with Gasteiger partial charge in [0.15, 0.2) is 0 Å². The minimum absolute atomic E-state index is 0.466. The van der Waals surface area contributed by atoms with Crippen molar-refractivity contribution in [1.82, 2.24) is 0 Å². The Balaban J connectivity index is 1.73. The molecule has 0 spiro atoms. The first-order valence-electron chi connectivity index (χ1n) is 6.93. The van der Waals surface area contributed by atoms with E-state index in [0.717, 1.165) is 29.2 Å². The maximum Gasteiger partial charge on any atom is 0.0659 e. The number of benzene rings is 2. The van der Waals surface area contributed by atoms with E-state index in [1.165, 1.54) is 11.1 Å². The van der Waals surface area contributed by atoms with Crippen LogP contribution in [0.5, 0.6) is 0 Å². The Hall–Kier alpha value is -1.67. The molecule has 1 N–H and O–H groups in total. The zero-order chi connectivity index (χ0) is 14.1. The van der Waals surface area contributed by atoms with Crippen LogP contribution in [0.4, 0.5) is 11.4 Å². The lowest BCUT2D eigenvalue weighted by atomic mass is 10.1. The highest BCUT2D eigenvalue weighted by molar-refractivity contribution is 6.33. The average molecular weight is 287 g/mol. The zero-order valence-electron chi connectivity index (χ0n) is 11.9. The van der Waals surface area contributed by atoms with E-state index in [-0.39, 0.29) is 0 Å². The summed E-state index contributed by atoms with van der Waals surface area (Å²) < 4.78 is 0. The lowest BCUT2D eigenvalue weighted by molar-refractivity contribution is 0.774. The highest BCUT2D eigenvalue weighted by atomic mass is 35.5. The summed E-state index contributed by atoms with van der Waals surface area (Å²) in [6.07, 6.45) is 2.17. The normalized spacial score (nSPS) is 14.2. The molecule has 3 rings (SSSR count). The minimum atomic E-state index is 0.466. The molecule has 0 fully saturated rings. The molecular formula is C17H19ClN2. The molecular weight excluding hydrogens is 268 g/mol. The summed E-state index contributed by atoms with van der Waals surface area (Å²) in [4.78, 5) is 2.03. The molecule has 0 aliphatic heterocycles. The van der Waals surface area contributed by atoms with Gasteiger partial charge in [-0.1, -0.05) is 35.9 Å². The van der Waals surface area contributed by atoms with E-state index in [1.807, 2.05) is 25.1 Å². The van der Waals surface area contributed by atoms with E-state index >= 15 is 0 Å². The number of fused-ring (bicyclic) bond motifs is 1. The van der Waals surface area contributed by atoms with Crippen LogP contribution in [0.3, 0.4) is 0 Å². The lowest BCUT2D eigenvalue weighted by Gasteiger charge is -2.18. The fraction of sp³-hybridized carbons (Fsp3) is 0.294. The molecule has 0 aromatic heterocycles. The summed E-state index contributed by atoms with van der Waals surface area (Å²) in [6, 6.07) is 15.3. The van der Waals surface area contributed by atoms with Crippen LogP contribution in [-0.2, 0) is 12.8 Å². The molecule has 0 saturated heterocycles. The molecule has 0 saturated carbocycles. The number of nitrogens with one attached hydrogen (secondary N) is 1. The van der Waals surface area contributed by atoms with Crippen molar-refractivity contribution in [3.63, 3.8) is 0 Å². The Morgan fingerprint density at radius 2 is 1.70 bits per heavy atom. The smallest absolute Gasteiger partial charge is 0.0659 e. The Bertz CT molecular complexity index is 597. The summed E-state index contributed by atoms with van der Waals surface area (Å²) in [5, 5.41) is 4.38. The Labute approximate surface area is 125 Å². The van der Waals surface area contributed by atoms with Gasteiger partial charge in [0.25, 0.3) is 0 Å². The molecule has 2 aromatic carbocycles. The number of anilines is 2. The summed E-state index contributed by atoms with van der Waals surface area (Å²) in [6.45, 7) is 0. The number of halogens is 1. The predicted octanol–water partition coefficient (Wildman–Crippen LogP) is 3.99. The minimum Gasteiger partial charge on any atom is -0.382 e. The average Bonchev–Trinajstić information content (AvgIpc) is 2.80. The van der Waals surface area contributed by atoms with Gasteiger partial charge in [0.1, 0.15) is 0 Å². The second kappa shape index (κ2) is 5.37. The fourth-order valence-corrected chi connectivity index (χ4v) is 3.21. The van der Waals surface area contributed by atoms with Crippen LogP contribution in [0.15, 0.2) is 42.5 Å². The van der Waals surface area contributed by atoms with Crippen LogP contribution >= 0.6 is 11.6 Å². The van der Waals surface area contributed by atoms with Crippen molar-refractivity contribution in [1.29, 1.82) is 0 Å². The summed E-state index contributed by atoms with van der Waals surface area (Å²) in [7, 11) is 4.00. The molecule has 1 aliphatic carbocycles. The van der Waals surface area contributed by atoms with E-state index in [4.69, 9.17) is 11.6 Å². The third-order valence-electron chi connectivity index (χ3n) is 3.85. The monoisotopic (exact) mass is 286 g/mol. The third-order valence-corrected chi connectivity index (χ3v) is 4.15. The second-order valence-electron chi connectivity index (χ2n) is 5.58. The Morgan fingerprint density at radius 1 is 1.05 bits per heavy atom. The molecule has 2 nitrogen and oxygen atoms in total. The van der Waals surface area contributed by atoms with E-state index in [0.29, 0.717) is 6.04 Å². The topological polar surface area (TPSA) is 15.3 Å². The van der Waals surface area contributed by atoms with E-state index < -0.39 is 0 Å². The van der Waals surface area contributed by atoms with E-state index in [2.05, 4.69) is 41.7 Å². The quantitative estimate of drug-likeness (QED) is 0.918. The van der Waals surface area contributed by atoms with Crippen LogP contribution in [0.2, 0.25) is 5.02 Å². The summed E-state index contributed by atoms with van der Waals surface area (Å²) >= 11 is 6.32. The number of nitrogens with zero attached hydrogens (tertiary/aromatic N) is 1. The standard InChI is InChI=1S/C17H19ClN2/c1-20(2)17-8-7-14(11-16(17)18)19-15-9-12-5-3-4-6-13(12)10-15/h3-8,11,15,19H,9-10H2,1-2H3. The van der Waals surface area contributed by atoms with Crippen molar-refractivity contribution >= 4 is 23.0 Å². The molecule has 0 radical (unpaired) electrons. The van der Waals surface area contributed by atoms with Gasteiger partial charge >= 0.3 is 0 Å². The lowest BCUT2D eigenvalue weighted by Crippen LogP contribution is -2.19. The van der Waals surface area contributed by atoms with E-state index in [9.17, 15) is 0 Å². The molecule has 0 bridgehead atoms. The van der Waals surface area contributed by atoms with Gasteiger partial charge in [0.05, 0.1) is 10.7 Å². The second-order valence-corrected chi connectivity index (χ2v) is 5.99. The number of hydrogen-bond donors (Lipinski definition) is 1. The summed E-state index contributed by atoms with van der Waals surface area (Å²) in [5.41, 5.74) is 5.06. The SMILES string of the molecule is CN(C)c1ccc(NC2Cc3ccccc3C2)cc1Cl. The van der Waals surface area contributed by atoms with Crippen molar-refractivity contribution in [3.05, 3.63) is 58.6 Å². The Kier molecular flexibility index (Phi) is 3.58. The maximum atomic E-state index is 6.32. The first kappa shape index (κ1) is 13.3. The molecule has 20 heavy (non-hydrogen) atoms. The van der Waals surface area contributed by atoms with Crippen molar-refractivity contribution in [2.24, 2.45) is 0 Å². The predicted molar refractivity (Wildman–Crippen MR) is 87.0 cm³/mol. The largest absolute Gasteiger partial charge is 0.382 e. The summed E-state index contributed by atoms with van der Waals surface area (Å²) in [5.74, 6) is 0. The molecule has 2 aromatic rings. The van der Waals surface area contributed by atoms with Crippen LogP contribution in [0, 0.1) is 0 Å². The van der Waals surface area contributed by atoms with Gasteiger partial charge in [0, 0.05) is 25.8 Å². The highest BCUT2D eigenvalue weighted by Crippen LogP contribution is 2.29. The van der Waals surface area contributed by atoms with Crippen molar-refractivity contribution in [2.75, 3.05) is 24.3 Å².